The van der Waals surface area contributed by atoms with Gasteiger partial charge in [0.05, 0.1) is 12.1 Å². The van der Waals surface area contributed by atoms with E-state index in [0.29, 0.717) is 23.1 Å². The number of alkyl halides is 1. The topological polar surface area (TPSA) is 67.6 Å². The first-order chi connectivity index (χ1) is 10.6. The van der Waals surface area contributed by atoms with Crippen molar-refractivity contribution in [3.05, 3.63) is 47.7 Å². The van der Waals surface area contributed by atoms with Crippen LogP contribution in [0.4, 0.5) is 5.82 Å². The van der Waals surface area contributed by atoms with E-state index < -0.39 is 0 Å². The van der Waals surface area contributed by atoms with Crippen molar-refractivity contribution >= 4 is 28.9 Å². The number of amides is 1. The van der Waals surface area contributed by atoms with Gasteiger partial charge in [-0.3, -0.25) is 4.79 Å². The molecule has 0 bridgehead atoms. The maximum absolute atomic E-state index is 11.2. The summed E-state index contributed by atoms with van der Waals surface area (Å²) in [4.78, 5) is 20.9. The number of carbonyl (C=O) groups excluding carboxylic acids is 1. The zero-order valence-corrected chi connectivity index (χ0v) is 12.8. The molecule has 1 aliphatic rings. The number of hydrogen-bond donors (Lipinski definition) is 1. The number of fused-ring (bicyclic) bond motifs is 1. The third-order valence-electron chi connectivity index (χ3n) is 3.05. The molecule has 0 fully saturated rings. The lowest BCUT2D eigenvalue weighted by Gasteiger charge is -2.22. The minimum atomic E-state index is -0.175. The van der Waals surface area contributed by atoms with E-state index in [1.807, 2.05) is 6.07 Å². The molecule has 0 aromatic carbocycles. The van der Waals surface area contributed by atoms with Crippen molar-refractivity contribution in [1.29, 1.82) is 0 Å². The average Bonchev–Trinajstić information content (AvgIpc) is 2.88. The summed E-state index contributed by atoms with van der Waals surface area (Å²) in [6.07, 6.45) is 3.43. The number of aromatic nitrogens is 1. The number of nitrogens with zero attached hydrogens (tertiary/aromatic N) is 2. The second-order valence-electron chi connectivity index (χ2n) is 4.83. The average molecular weight is 320 g/mol. The molecule has 114 valence electrons. The van der Waals surface area contributed by atoms with E-state index in [4.69, 9.17) is 20.9 Å². The molecule has 3 heterocycles. The molecule has 2 aromatic heterocycles. The van der Waals surface area contributed by atoms with Gasteiger partial charge in [0, 0.05) is 31.8 Å². The molecule has 1 amide bonds. The van der Waals surface area contributed by atoms with Gasteiger partial charge in [0.2, 0.25) is 11.7 Å². The Balaban J connectivity index is 2.03. The number of pyridine rings is 1. The van der Waals surface area contributed by atoms with Crippen LogP contribution in [0.2, 0.25) is 0 Å². The molecule has 3 rings (SSSR count). The highest BCUT2D eigenvalue weighted by molar-refractivity contribution is 6.16. The van der Waals surface area contributed by atoms with Gasteiger partial charge >= 0.3 is 0 Å². The molecule has 1 aliphatic heterocycles. The Hall–Kier alpha value is -2.47. The lowest BCUT2D eigenvalue weighted by molar-refractivity contribution is -0.114. The molecule has 7 heteroatoms. The van der Waals surface area contributed by atoms with Gasteiger partial charge in [-0.2, -0.15) is 0 Å². The minimum absolute atomic E-state index is 0.175. The normalized spacial score (nSPS) is 13.2. The Morgan fingerprint density at radius 2 is 2.27 bits per heavy atom. The smallest absolute Gasteiger partial charge is 0.222 e. The van der Waals surface area contributed by atoms with E-state index in [-0.39, 0.29) is 11.8 Å². The van der Waals surface area contributed by atoms with E-state index in [0.717, 1.165) is 11.1 Å². The number of hydrogen-bond acceptors (Lipinski definition) is 5. The van der Waals surface area contributed by atoms with Crippen molar-refractivity contribution in [2.45, 2.75) is 12.8 Å². The number of anilines is 1. The van der Waals surface area contributed by atoms with Crippen LogP contribution >= 0.6 is 11.6 Å². The molecular formula is C15H14ClN3O3. The Kier molecular flexibility index (Phi) is 3.77. The van der Waals surface area contributed by atoms with Crippen molar-refractivity contribution in [3.8, 4) is 5.75 Å². The van der Waals surface area contributed by atoms with Gasteiger partial charge in [-0.1, -0.05) is 0 Å². The summed E-state index contributed by atoms with van der Waals surface area (Å²) >= 11 is 5.82. The second-order valence-corrected chi connectivity index (χ2v) is 5.10. The third-order valence-corrected chi connectivity index (χ3v) is 3.32. The molecule has 0 atom stereocenters. The first-order valence-electron chi connectivity index (χ1n) is 6.62. The highest BCUT2D eigenvalue weighted by Crippen LogP contribution is 2.38. The number of furan rings is 1. The molecule has 0 radical (unpaired) electrons. The monoisotopic (exact) mass is 319 g/mol. The number of halogens is 1. The van der Waals surface area contributed by atoms with Crippen LogP contribution < -0.4 is 10.2 Å². The molecule has 0 saturated heterocycles. The van der Waals surface area contributed by atoms with Crippen molar-refractivity contribution in [2.24, 2.45) is 0 Å². The molecule has 2 aromatic rings. The summed E-state index contributed by atoms with van der Waals surface area (Å²) in [5.41, 5.74) is 1.68. The van der Waals surface area contributed by atoms with Crippen LogP contribution in [0, 0.1) is 0 Å². The fourth-order valence-corrected chi connectivity index (χ4v) is 2.35. The van der Waals surface area contributed by atoms with Crippen LogP contribution in [-0.2, 0) is 10.7 Å². The quantitative estimate of drug-likeness (QED) is 0.881. The lowest BCUT2D eigenvalue weighted by Crippen LogP contribution is -2.20. The molecular weight excluding hydrogens is 306 g/mol. The molecule has 6 nitrogen and oxygen atoms in total. The van der Waals surface area contributed by atoms with Crippen LogP contribution in [-0.4, -0.2) is 23.0 Å². The Morgan fingerprint density at radius 3 is 3.00 bits per heavy atom. The largest absolute Gasteiger partial charge is 0.456 e. The molecule has 0 spiro atoms. The SMILES string of the molecule is CC(=O)Nc1cc(C2=CN(C)Oc3cc(CCl)oc32)ccn1. The molecule has 0 saturated carbocycles. The van der Waals surface area contributed by atoms with Gasteiger partial charge in [-0.15, -0.1) is 11.6 Å². The molecule has 1 N–H and O–H groups in total. The van der Waals surface area contributed by atoms with Gasteiger partial charge in [0.25, 0.3) is 0 Å². The van der Waals surface area contributed by atoms with Gasteiger partial charge in [0.15, 0.2) is 5.76 Å². The van der Waals surface area contributed by atoms with Crippen molar-refractivity contribution in [2.75, 3.05) is 12.4 Å². The van der Waals surface area contributed by atoms with E-state index in [9.17, 15) is 4.79 Å². The third kappa shape index (κ3) is 2.78. The van der Waals surface area contributed by atoms with Gasteiger partial charge < -0.3 is 14.6 Å². The van der Waals surface area contributed by atoms with Crippen molar-refractivity contribution in [1.82, 2.24) is 10.0 Å². The number of hydroxylamine groups is 2. The minimum Gasteiger partial charge on any atom is -0.456 e. The fourth-order valence-electron chi connectivity index (χ4n) is 2.22. The van der Waals surface area contributed by atoms with Crippen molar-refractivity contribution in [3.63, 3.8) is 0 Å². The standard InChI is InChI=1S/C15H14ClN3O3/c1-9(20)18-14-5-10(3-4-17-14)12-8-19(2)22-13-6-11(7-16)21-15(12)13/h3-6,8H,7H2,1-2H3,(H,17,18,20). The van der Waals surface area contributed by atoms with Crippen LogP contribution in [0.25, 0.3) is 5.57 Å². The first kappa shape index (κ1) is 14.5. The van der Waals surface area contributed by atoms with Gasteiger partial charge in [-0.05, 0) is 17.7 Å². The summed E-state index contributed by atoms with van der Waals surface area (Å²) in [5.74, 6) is 2.41. The van der Waals surface area contributed by atoms with E-state index in [1.54, 1.807) is 36.6 Å². The first-order valence-corrected chi connectivity index (χ1v) is 7.16. The second kappa shape index (κ2) is 5.73. The summed E-state index contributed by atoms with van der Waals surface area (Å²) in [5, 5.41) is 4.25. The van der Waals surface area contributed by atoms with Gasteiger partial charge in [0.1, 0.15) is 11.6 Å². The Morgan fingerprint density at radius 1 is 1.45 bits per heavy atom. The van der Waals surface area contributed by atoms with Gasteiger partial charge in [-0.25, -0.2) is 10.0 Å². The van der Waals surface area contributed by atoms with Crippen LogP contribution in [0.3, 0.4) is 0 Å². The zero-order valence-electron chi connectivity index (χ0n) is 12.1. The lowest BCUT2D eigenvalue weighted by atomic mass is 10.0. The Bertz CT molecular complexity index is 754. The number of rotatable bonds is 3. The van der Waals surface area contributed by atoms with E-state index in [2.05, 4.69) is 10.3 Å². The predicted molar refractivity (Wildman–Crippen MR) is 82.3 cm³/mol. The molecule has 0 unspecified atom stereocenters. The fraction of sp³-hybridized carbons (Fsp3) is 0.200. The molecule has 22 heavy (non-hydrogen) atoms. The van der Waals surface area contributed by atoms with Crippen LogP contribution in [0.15, 0.2) is 35.0 Å². The summed E-state index contributed by atoms with van der Waals surface area (Å²) in [6, 6.07) is 5.38. The number of nitrogens with one attached hydrogen (secondary N) is 1. The zero-order chi connectivity index (χ0) is 15.7. The summed E-state index contributed by atoms with van der Waals surface area (Å²) < 4.78 is 5.73. The maximum Gasteiger partial charge on any atom is 0.222 e. The van der Waals surface area contributed by atoms with Crippen molar-refractivity contribution < 1.29 is 14.0 Å². The maximum atomic E-state index is 11.2. The van der Waals surface area contributed by atoms with E-state index >= 15 is 0 Å². The predicted octanol–water partition coefficient (Wildman–Crippen LogP) is 3.00. The molecule has 0 aliphatic carbocycles. The van der Waals surface area contributed by atoms with Crippen LogP contribution in [0.5, 0.6) is 5.75 Å². The Labute approximate surface area is 132 Å². The highest BCUT2D eigenvalue weighted by Gasteiger charge is 2.24. The van der Waals surface area contributed by atoms with E-state index in [1.165, 1.54) is 6.92 Å². The van der Waals surface area contributed by atoms with Crippen LogP contribution in [0.1, 0.15) is 24.0 Å². The summed E-state index contributed by atoms with van der Waals surface area (Å²) in [6.45, 7) is 1.44. The number of carbonyl (C=O) groups is 1. The summed E-state index contributed by atoms with van der Waals surface area (Å²) in [7, 11) is 1.78. The highest BCUT2D eigenvalue weighted by atomic mass is 35.5.